The van der Waals surface area contributed by atoms with Crippen molar-refractivity contribution in [1.29, 1.82) is 0 Å². The number of carbonyl (C=O) groups is 1. The summed E-state index contributed by atoms with van der Waals surface area (Å²) in [6, 6.07) is 0. The number of hydrogen-bond donors (Lipinski definition) is 1. The molecule has 0 unspecified atom stereocenters. The molecule has 7 heteroatoms. The lowest BCUT2D eigenvalue weighted by Gasteiger charge is -1.93. The summed E-state index contributed by atoms with van der Waals surface area (Å²) in [7, 11) is 1.58. The fourth-order valence-corrected chi connectivity index (χ4v) is 1.83. The summed E-state index contributed by atoms with van der Waals surface area (Å²) in [6.45, 7) is 2.02. The first-order valence-electron chi connectivity index (χ1n) is 4.05. The van der Waals surface area contributed by atoms with Crippen molar-refractivity contribution in [3.8, 4) is 0 Å². The molecule has 0 aliphatic carbocycles. The Hall–Kier alpha value is -1.37. The minimum Gasteiger partial charge on any atom is -0.480 e. The van der Waals surface area contributed by atoms with E-state index in [9.17, 15) is 9.59 Å². The van der Waals surface area contributed by atoms with E-state index in [1.807, 2.05) is 6.92 Å². The van der Waals surface area contributed by atoms with Crippen LogP contribution < -0.4 is 10.5 Å². The number of aromatic nitrogens is 2. The molecule has 0 aliphatic rings. The minimum absolute atomic E-state index is 0.338. The molecule has 1 aromatic rings. The Labute approximate surface area is 83.9 Å². The Morgan fingerprint density at radius 2 is 2.29 bits per heavy atom. The highest BCUT2D eigenvalue weighted by Crippen LogP contribution is 1.83. The van der Waals surface area contributed by atoms with Crippen LogP contribution in [0.2, 0.25) is 0 Å². The summed E-state index contributed by atoms with van der Waals surface area (Å²) in [6.07, 6.45) is 0. The van der Waals surface area contributed by atoms with E-state index < -0.39 is 5.97 Å². The van der Waals surface area contributed by atoms with Crippen molar-refractivity contribution >= 4 is 17.5 Å². The molecule has 0 fully saturated rings. The van der Waals surface area contributed by atoms with Crippen LogP contribution in [0.25, 0.3) is 0 Å². The molecule has 0 saturated carbocycles. The summed E-state index contributed by atoms with van der Waals surface area (Å²) in [5, 5.41) is 8.59. The predicted octanol–water partition coefficient (Wildman–Crippen LogP) is -0.747. The van der Waals surface area contributed by atoms with Gasteiger partial charge < -0.3 is 5.11 Å². The molecule has 0 radical (unpaired) electrons. The quantitative estimate of drug-likeness (QED) is 0.724. The predicted molar refractivity (Wildman–Crippen MR) is 51.3 cm³/mol. The molecular formula is C7H11N3O3S. The van der Waals surface area contributed by atoms with Crippen LogP contribution in [-0.4, -0.2) is 26.1 Å². The van der Waals surface area contributed by atoms with E-state index in [0.717, 1.165) is 16.1 Å². The number of carboxylic acids is 1. The Kier molecular flexibility index (Phi) is 3.23. The average molecular weight is 217 g/mol. The van der Waals surface area contributed by atoms with Crippen LogP contribution in [-0.2, 0) is 18.4 Å². The van der Waals surface area contributed by atoms with Crippen molar-refractivity contribution in [3.63, 3.8) is 0 Å². The molecule has 1 rings (SSSR count). The van der Waals surface area contributed by atoms with E-state index in [4.69, 9.17) is 5.11 Å². The highest BCUT2D eigenvalue weighted by Gasteiger charge is 2.08. The van der Waals surface area contributed by atoms with E-state index in [1.54, 1.807) is 7.05 Å². The lowest BCUT2D eigenvalue weighted by atomic mass is 10.6. The van der Waals surface area contributed by atoms with Gasteiger partial charge in [-0.1, -0.05) is 0 Å². The molecule has 0 spiro atoms. The normalized spacial score (nSPS) is 12.0. The maximum atomic E-state index is 11.4. The van der Waals surface area contributed by atoms with Gasteiger partial charge in [-0.2, -0.15) is 0 Å². The zero-order chi connectivity index (χ0) is 10.7. The van der Waals surface area contributed by atoms with Gasteiger partial charge in [0.25, 0.3) is 0 Å². The number of hydrogen-bond acceptors (Lipinski definition) is 4. The third kappa shape index (κ3) is 2.11. The largest absolute Gasteiger partial charge is 0.480 e. The molecule has 14 heavy (non-hydrogen) atoms. The molecule has 0 atom stereocenters. The molecule has 1 N–H and O–H groups in total. The number of aryl methyl sites for hydroxylation is 1. The second-order valence-corrected chi connectivity index (χ2v) is 3.70. The smallest absolute Gasteiger partial charge is 0.340 e. The van der Waals surface area contributed by atoms with Gasteiger partial charge in [-0.25, -0.2) is 8.75 Å². The molecule has 1 heterocycles. The van der Waals surface area contributed by atoms with E-state index in [1.165, 1.54) is 3.96 Å². The van der Waals surface area contributed by atoms with Crippen LogP contribution in [0.15, 0.2) is 9.79 Å². The number of nitrogens with zero attached hydrogens (tertiary/aromatic N) is 3. The van der Waals surface area contributed by atoms with Gasteiger partial charge in [0.1, 0.15) is 6.54 Å². The zero-order valence-corrected chi connectivity index (χ0v) is 8.74. The molecule has 6 nitrogen and oxygen atoms in total. The third-order valence-corrected chi connectivity index (χ3v) is 2.48. The van der Waals surface area contributed by atoms with Crippen molar-refractivity contribution in [2.75, 3.05) is 6.54 Å². The van der Waals surface area contributed by atoms with Crippen molar-refractivity contribution < 1.29 is 9.90 Å². The monoisotopic (exact) mass is 217 g/mol. The maximum Gasteiger partial charge on any atom is 0.340 e. The lowest BCUT2D eigenvalue weighted by Crippen LogP contribution is -2.31. The first-order chi connectivity index (χ1) is 6.56. The van der Waals surface area contributed by atoms with Crippen molar-refractivity contribution in [2.45, 2.75) is 13.5 Å². The Morgan fingerprint density at radius 3 is 2.79 bits per heavy atom. The second-order valence-electron chi connectivity index (χ2n) is 2.61. The highest BCUT2D eigenvalue weighted by atomic mass is 32.1. The SMILES string of the molecule is CCN=c1sn(C)c(=O)n1CC(=O)O. The number of carboxylic acid groups (broad SMARTS) is 1. The summed E-state index contributed by atoms with van der Waals surface area (Å²) >= 11 is 1.14. The average Bonchev–Trinajstić information content (AvgIpc) is 2.33. The van der Waals surface area contributed by atoms with Crippen LogP contribution in [0.3, 0.4) is 0 Å². The van der Waals surface area contributed by atoms with Crippen LogP contribution in [0.4, 0.5) is 0 Å². The first kappa shape index (κ1) is 10.7. The molecule has 0 amide bonds. The molecule has 1 aromatic heterocycles. The summed E-state index contributed by atoms with van der Waals surface area (Å²) in [5.41, 5.74) is -0.343. The number of aliphatic carboxylic acids is 1. The van der Waals surface area contributed by atoms with Crippen LogP contribution >= 0.6 is 11.5 Å². The summed E-state index contributed by atoms with van der Waals surface area (Å²) in [4.78, 5) is 26.4. The summed E-state index contributed by atoms with van der Waals surface area (Å²) < 4.78 is 2.51. The van der Waals surface area contributed by atoms with Crippen LogP contribution in [0, 0.1) is 0 Å². The topological polar surface area (TPSA) is 76.6 Å². The van der Waals surface area contributed by atoms with Crippen molar-refractivity contribution in [2.24, 2.45) is 12.0 Å². The van der Waals surface area contributed by atoms with Gasteiger partial charge in [0, 0.05) is 13.6 Å². The fraction of sp³-hybridized carbons (Fsp3) is 0.571. The summed E-state index contributed by atoms with van der Waals surface area (Å²) in [5.74, 6) is -1.04. The van der Waals surface area contributed by atoms with Gasteiger partial charge in [-0.3, -0.25) is 14.4 Å². The molecule has 0 saturated heterocycles. The van der Waals surface area contributed by atoms with Gasteiger partial charge in [0.05, 0.1) is 0 Å². The van der Waals surface area contributed by atoms with Gasteiger partial charge in [-0.05, 0) is 18.5 Å². The van der Waals surface area contributed by atoms with Crippen molar-refractivity contribution in [3.05, 3.63) is 15.3 Å². The molecular weight excluding hydrogens is 206 g/mol. The van der Waals surface area contributed by atoms with Crippen molar-refractivity contribution in [1.82, 2.24) is 8.52 Å². The van der Waals surface area contributed by atoms with E-state index >= 15 is 0 Å². The van der Waals surface area contributed by atoms with E-state index in [0.29, 0.717) is 11.3 Å². The first-order valence-corrected chi connectivity index (χ1v) is 4.83. The van der Waals surface area contributed by atoms with Gasteiger partial charge in [0.2, 0.25) is 4.80 Å². The van der Waals surface area contributed by atoms with Gasteiger partial charge >= 0.3 is 11.7 Å². The van der Waals surface area contributed by atoms with E-state index in [2.05, 4.69) is 4.99 Å². The Balaban J connectivity index is 3.31. The lowest BCUT2D eigenvalue weighted by molar-refractivity contribution is -0.137. The highest BCUT2D eigenvalue weighted by molar-refractivity contribution is 7.03. The standard InChI is InChI=1S/C7H11N3O3S/c1-3-8-6-10(4-5(11)12)7(13)9(2)14-6/h3-4H2,1-2H3,(H,11,12). The Bertz CT molecular complexity index is 453. The molecule has 0 aliphatic heterocycles. The number of rotatable bonds is 3. The molecule has 78 valence electrons. The third-order valence-electron chi connectivity index (χ3n) is 1.54. The maximum absolute atomic E-state index is 11.4. The Morgan fingerprint density at radius 1 is 1.64 bits per heavy atom. The fourth-order valence-electron chi connectivity index (χ4n) is 0.983. The van der Waals surface area contributed by atoms with Crippen LogP contribution in [0.5, 0.6) is 0 Å². The molecule has 0 aromatic carbocycles. The van der Waals surface area contributed by atoms with E-state index in [-0.39, 0.29) is 12.2 Å². The molecule has 0 bridgehead atoms. The second kappa shape index (κ2) is 4.23. The van der Waals surface area contributed by atoms with Gasteiger partial charge in [-0.15, -0.1) is 0 Å². The van der Waals surface area contributed by atoms with Gasteiger partial charge in [0.15, 0.2) is 0 Å². The van der Waals surface area contributed by atoms with Crippen LogP contribution in [0.1, 0.15) is 6.92 Å². The minimum atomic E-state index is -1.04. The zero-order valence-electron chi connectivity index (χ0n) is 7.93.